The Kier molecular flexibility index (Phi) is 5.04. The lowest BCUT2D eigenvalue weighted by molar-refractivity contribution is 0.218. The number of aryl methyl sites for hydroxylation is 2. The van der Waals surface area contributed by atoms with Crippen LogP contribution < -0.4 is 5.32 Å². The fraction of sp³-hybridized carbons (Fsp3) is 0.333. The number of nitrogens with zero attached hydrogens (tertiary/aromatic N) is 5. The van der Waals surface area contributed by atoms with E-state index >= 15 is 0 Å². The highest BCUT2D eigenvalue weighted by Gasteiger charge is 2.10. The molecule has 2 N–H and O–H groups in total. The van der Waals surface area contributed by atoms with E-state index in [9.17, 15) is 0 Å². The van der Waals surface area contributed by atoms with Crippen molar-refractivity contribution in [3.63, 3.8) is 0 Å². The summed E-state index contributed by atoms with van der Waals surface area (Å²) in [5, 5.41) is 20.7. The Morgan fingerprint density at radius 2 is 1.92 bits per heavy atom. The second-order valence-corrected chi connectivity index (χ2v) is 6.37. The smallest absolute Gasteiger partial charge is 0.132 e. The molecule has 0 unspecified atom stereocenters. The predicted molar refractivity (Wildman–Crippen MR) is 96.5 cm³/mol. The largest absolute Gasteiger partial charge is 0.396 e. The number of rotatable bonds is 6. The van der Waals surface area contributed by atoms with Gasteiger partial charge in [0.2, 0.25) is 0 Å². The van der Waals surface area contributed by atoms with Crippen LogP contribution in [-0.4, -0.2) is 36.7 Å². The van der Waals surface area contributed by atoms with Gasteiger partial charge in [-0.25, -0.2) is 9.97 Å². The summed E-state index contributed by atoms with van der Waals surface area (Å²) in [6.45, 7) is 6.73. The third-order valence-electron chi connectivity index (χ3n) is 3.75. The van der Waals surface area contributed by atoms with Crippen molar-refractivity contribution < 1.29 is 5.11 Å². The first kappa shape index (κ1) is 17.0. The number of anilines is 2. The maximum atomic E-state index is 9.16. The summed E-state index contributed by atoms with van der Waals surface area (Å²) in [7, 11) is 0. The van der Waals surface area contributed by atoms with Crippen LogP contribution in [0.1, 0.15) is 18.1 Å². The molecule has 0 spiro atoms. The minimum Gasteiger partial charge on any atom is -0.396 e. The van der Waals surface area contributed by atoms with Crippen molar-refractivity contribution in [3.8, 4) is 11.4 Å². The Morgan fingerprint density at radius 1 is 1.12 bits per heavy atom. The van der Waals surface area contributed by atoms with Crippen molar-refractivity contribution in [1.82, 2.24) is 25.0 Å². The molecule has 0 aliphatic heterocycles. The van der Waals surface area contributed by atoms with Gasteiger partial charge >= 0.3 is 0 Å². The van der Waals surface area contributed by atoms with Gasteiger partial charge in [0.1, 0.15) is 17.3 Å². The Balaban J connectivity index is 1.84. The van der Waals surface area contributed by atoms with E-state index in [0.717, 1.165) is 22.6 Å². The van der Waals surface area contributed by atoms with Crippen LogP contribution in [0, 0.1) is 19.8 Å². The molecule has 3 aromatic heterocycles. The number of nitrogens with one attached hydrogen (secondary N) is 1. The van der Waals surface area contributed by atoms with Crippen molar-refractivity contribution in [2.45, 2.75) is 27.3 Å². The van der Waals surface area contributed by atoms with E-state index in [4.69, 9.17) is 5.11 Å². The molecule has 0 aliphatic carbocycles. The van der Waals surface area contributed by atoms with Crippen molar-refractivity contribution in [1.29, 1.82) is 0 Å². The predicted octanol–water partition coefficient (Wildman–Crippen LogP) is 2.72. The zero-order valence-electron chi connectivity index (χ0n) is 14.6. The molecule has 7 nitrogen and oxygen atoms in total. The van der Waals surface area contributed by atoms with E-state index < -0.39 is 0 Å². The lowest BCUT2D eigenvalue weighted by atomic mass is 10.2. The Labute approximate surface area is 146 Å². The highest BCUT2D eigenvalue weighted by Crippen LogP contribution is 2.21. The normalized spacial score (nSPS) is 12.2. The number of aliphatic hydroxyl groups excluding tert-OH is 1. The van der Waals surface area contributed by atoms with Crippen molar-refractivity contribution >= 4 is 11.6 Å². The molecule has 0 fully saturated rings. The first-order chi connectivity index (χ1) is 12.0. The molecule has 0 aliphatic rings. The summed E-state index contributed by atoms with van der Waals surface area (Å²) in [6, 6.07) is 7.85. The fourth-order valence-electron chi connectivity index (χ4n) is 2.48. The third-order valence-corrected chi connectivity index (χ3v) is 3.75. The van der Waals surface area contributed by atoms with Gasteiger partial charge in [-0.1, -0.05) is 12.1 Å². The van der Waals surface area contributed by atoms with E-state index in [0.29, 0.717) is 18.1 Å². The summed E-state index contributed by atoms with van der Waals surface area (Å²) >= 11 is 0. The molecular formula is C18H22N6O. The van der Waals surface area contributed by atoms with Crippen LogP contribution in [0.3, 0.4) is 0 Å². The van der Waals surface area contributed by atoms with Gasteiger partial charge in [0.15, 0.2) is 0 Å². The molecular weight excluding hydrogens is 316 g/mol. The summed E-state index contributed by atoms with van der Waals surface area (Å²) in [5.41, 5.74) is 3.65. The molecule has 3 aromatic rings. The fourth-order valence-corrected chi connectivity index (χ4v) is 2.48. The van der Waals surface area contributed by atoms with Gasteiger partial charge in [-0.2, -0.15) is 0 Å². The van der Waals surface area contributed by atoms with Crippen molar-refractivity contribution in [2.75, 3.05) is 11.9 Å². The van der Waals surface area contributed by atoms with Gasteiger partial charge < -0.3 is 10.4 Å². The number of hydrogen-bond acceptors (Lipinski definition) is 6. The summed E-state index contributed by atoms with van der Waals surface area (Å²) in [6.07, 6.45) is 3.62. The van der Waals surface area contributed by atoms with Gasteiger partial charge in [-0.05, 0) is 55.2 Å². The average molecular weight is 338 g/mol. The highest BCUT2D eigenvalue weighted by atomic mass is 16.3. The molecule has 0 amide bonds. The quantitative estimate of drug-likeness (QED) is 0.718. The van der Waals surface area contributed by atoms with E-state index in [2.05, 4.69) is 25.6 Å². The van der Waals surface area contributed by atoms with Gasteiger partial charge in [0, 0.05) is 19.3 Å². The molecule has 0 radical (unpaired) electrons. The minimum atomic E-state index is 0.120. The summed E-state index contributed by atoms with van der Waals surface area (Å²) < 4.78 is 1.73. The molecule has 0 aromatic carbocycles. The Morgan fingerprint density at radius 3 is 2.68 bits per heavy atom. The van der Waals surface area contributed by atoms with Crippen LogP contribution in [0.25, 0.3) is 11.4 Å². The summed E-state index contributed by atoms with van der Waals surface area (Å²) in [5.74, 6) is 1.60. The molecule has 0 saturated carbocycles. The molecule has 25 heavy (non-hydrogen) atoms. The topological polar surface area (TPSA) is 88.8 Å². The first-order valence-corrected chi connectivity index (χ1v) is 8.23. The van der Waals surface area contributed by atoms with Crippen molar-refractivity contribution in [2.24, 2.45) is 5.92 Å². The monoisotopic (exact) mass is 338 g/mol. The molecule has 0 bridgehead atoms. The standard InChI is InChI=1S/C18H22N6O/c1-12-4-5-19-17(7-12)21-18-8-13(2)6-15(20-18)16-10-24(23-22-16)9-14(3)11-25/h4-8,10,14,25H,9,11H2,1-3H3,(H,19,20,21)/t14-/m0/s1. The van der Waals surface area contributed by atoms with Crippen LogP contribution in [0.5, 0.6) is 0 Å². The van der Waals surface area contributed by atoms with Crippen LogP contribution in [-0.2, 0) is 6.54 Å². The maximum absolute atomic E-state index is 9.16. The van der Waals surface area contributed by atoms with E-state index in [1.54, 1.807) is 10.9 Å². The molecule has 7 heteroatoms. The number of hydrogen-bond donors (Lipinski definition) is 2. The zero-order valence-corrected chi connectivity index (χ0v) is 14.6. The Bertz CT molecular complexity index is 860. The van der Waals surface area contributed by atoms with Crippen molar-refractivity contribution in [3.05, 3.63) is 47.8 Å². The van der Waals surface area contributed by atoms with E-state index in [1.807, 2.05) is 51.2 Å². The second kappa shape index (κ2) is 7.40. The minimum absolute atomic E-state index is 0.120. The second-order valence-electron chi connectivity index (χ2n) is 6.37. The molecule has 0 saturated heterocycles. The first-order valence-electron chi connectivity index (χ1n) is 8.23. The van der Waals surface area contributed by atoms with E-state index in [-0.39, 0.29) is 12.5 Å². The SMILES string of the molecule is Cc1ccnc(Nc2cc(C)cc(-c3cn(C[C@H](C)CO)nn3)n2)c1. The van der Waals surface area contributed by atoms with Gasteiger partial charge in [-0.3, -0.25) is 4.68 Å². The van der Waals surface area contributed by atoms with Crippen LogP contribution in [0.2, 0.25) is 0 Å². The average Bonchev–Trinajstić information content (AvgIpc) is 3.02. The highest BCUT2D eigenvalue weighted by molar-refractivity contribution is 5.61. The molecule has 130 valence electrons. The molecule has 3 heterocycles. The third kappa shape index (κ3) is 4.39. The van der Waals surface area contributed by atoms with Crippen LogP contribution >= 0.6 is 0 Å². The van der Waals surface area contributed by atoms with Gasteiger partial charge in [-0.15, -0.1) is 5.10 Å². The number of pyridine rings is 2. The van der Waals surface area contributed by atoms with E-state index in [1.165, 1.54) is 0 Å². The molecule has 1 atom stereocenters. The lowest BCUT2D eigenvalue weighted by Crippen LogP contribution is -2.11. The zero-order chi connectivity index (χ0) is 17.8. The van der Waals surface area contributed by atoms with Crippen LogP contribution in [0.4, 0.5) is 11.6 Å². The number of aliphatic hydroxyl groups is 1. The summed E-state index contributed by atoms with van der Waals surface area (Å²) in [4.78, 5) is 8.93. The van der Waals surface area contributed by atoms with Gasteiger partial charge in [0.05, 0.1) is 11.9 Å². The lowest BCUT2D eigenvalue weighted by Gasteiger charge is -2.08. The number of aromatic nitrogens is 5. The Hall–Kier alpha value is -2.80. The maximum Gasteiger partial charge on any atom is 0.132 e. The van der Waals surface area contributed by atoms with Crippen LogP contribution in [0.15, 0.2) is 36.7 Å². The molecule has 3 rings (SSSR count). The van der Waals surface area contributed by atoms with Gasteiger partial charge in [0.25, 0.3) is 0 Å².